The van der Waals surface area contributed by atoms with Gasteiger partial charge < -0.3 is 14.9 Å². The minimum absolute atomic E-state index is 0.0108. The van der Waals surface area contributed by atoms with Crippen LogP contribution in [0.3, 0.4) is 0 Å². The van der Waals surface area contributed by atoms with Gasteiger partial charge in [0.05, 0.1) is 12.7 Å². The van der Waals surface area contributed by atoms with E-state index in [4.69, 9.17) is 4.74 Å². The SMILES string of the molecule is CC(C)C1=C2[C@H]3CC4OC(O)(C=C4CO)[C@]3(C)CC[C@@]2(C)CC1. The highest BCUT2D eigenvalue weighted by atomic mass is 16.6. The third-order valence-electron chi connectivity index (χ3n) is 7.52. The first kappa shape index (κ1) is 15.9. The van der Waals surface area contributed by atoms with Crippen molar-refractivity contribution >= 4 is 0 Å². The molecule has 4 rings (SSSR count). The standard InChI is InChI=1S/C20H30O3/c1-12(2)14-5-6-18(3)7-8-19(4)15(17(14)18)9-16-13(11-21)10-20(19,22)23-16/h10,12,15-16,21-22H,5-9,11H2,1-4H3/t15-,16?,18-,19-,20?/m1/s1. The molecule has 2 unspecified atom stereocenters. The molecule has 0 spiro atoms. The number of allylic oxidation sites excluding steroid dienone is 2. The molecule has 0 radical (unpaired) electrons. The Morgan fingerprint density at radius 3 is 2.65 bits per heavy atom. The molecule has 2 aliphatic carbocycles. The summed E-state index contributed by atoms with van der Waals surface area (Å²) in [6, 6.07) is 0. The van der Waals surface area contributed by atoms with Crippen molar-refractivity contribution in [3.8, 4) is 0 Å². The lowest BCUT2D eigenvalue weighted by Crippen LogP contribution is -2.58. The third kappa shape index (κ3) is 1.87. The molecule has 2 heterocycles. The van der Waals surface area contributed by atoms with Crippen molar-refractivity contribution in [1.29, 1.82) is 0 Å². The summed E-state index contributed by atoms with van der Waals surface area (Å²) in [6.07, 6.45) is 7.20. The quantitative estimate of drug-likeness (QED) is 0.765. The van der Waals surface area contributed by atoms with Crippen molar-refractivity contribution < 1.29 is 14.9 Å². The van der Waals surface area contributed by atoms with Crippen molar-refractivity contribution in [3.63, 3.8) is 0 Å². The number of hydrogen-bond donors (Lipinski definition) is 2. The van der Waals surface area contributed by atoms with Crippen LogP contribution in [0.1, 0.15) is 59.8 Å². The monoisotopic (exact) mass is 318 g/mol. The lowest BCUT2D eigenvalue weighted by atomic mass is 9.52. The Morgan fingerprint density at radius 2 is 2.00 bits per heavy atom. The molecule has 5 atom stereocenters. The van der Waals surface area contributed by atoms with Crippen LogP contribution in [0.15, 0.2) is 22.8 Å². The van der Waals surface area contributed by atoms with Crippen molar-refractivity contribution in [1.82, 2.24) is 0 Å². The molecule has 23 heavy (non-hydrogen) atoms. The third-order valence-corrected chi connectivity index (χ3v) is 7.52. The highest BCUT2D eigenvalue weighted by Gasteiger charge is 2.65. The Hall–Kier alpha value is -0.640. The van der Waals surface area contributed by atoms with E-state index >= 15 is 0 Å². The Kier molecular flexibility index (Phi) is 3.25. The van der Waals surface area contributed by atoms with Gasteiger partial charge in [0.2, 0.25) is 0 Å². The van der Waals surface area contributed by atoms with Gasteiger partial charge in [0, 0.05) is 5.41 Å². The second-order valence-corrected chi connectivity index (χ2v) is 9.04. The summed E-state index contributed by atoms with van der Waals surface area (Å²) in [5.41, 5.74) is 4.14. The molecule has 2 fully saturated rings. The molecule has 0 amide bonds. The Labute approximate surface area is 139 Å². The van der Waals surface area contributed by atoms with E-state index in [0.29, 0.717) is 17.3 Å². The fraction of sp³-hybridized carbons (Fsp3) is 0.800. The summed E-state index contributed by atoms with van der Waals surface area (Å²) in [5, 5.41) is 20.9. The molecule has 2 N–H and O–H groups in total. The number of hydrogen-bond acceptors (Lipinski definition) is 3. The van der Waals surface area contributed by atoms with Crippen LogP contribution in [-0.4, -0.2) is 28.7 Å². The fourth-order valence-corrected chi connectivity index (χ4v) is 5.94. The van der Waals surface area contributed by atoms with Crippen molar-refractivity contribution in [2.45, 2.75) is 71.7 Å². The van der Waals surface area contributed by atoms with Crippen LogP contribution in [0.4, 0.5) is 0 Å². The van der Waals surface area contributed by atoms with Gasteiger partial charge in [-0.1, -0.05) is 38.8 Å². The smallest absolute Gasteiger partial charge is 0.192 e. The van der Waals surface area contributed by atoms with E-state index in [0.717, 1.165) is 24.8 Å². The van der Waals surface area contributed by atoms with E-state index < -0.39 is 5.79 Å². The number of aliphatic hydroxyl groups is 2. The number of ether oxygens (including phenoxy) is 1. The van der Waals surface area contributed by atoms with Crippen LogP contribution in [0.2, 0.25) is 0 Å². The zero-order valence-corrected chi connectivity index (χ0v) is 14.9. The van der Waals surface area contributed by atoms with Gasteiger partial charge in [0.25, 0.3) is 0 Å². The molecule has 0 aromatic heterocycles. The van der Waals surface area contributed by atoms with E-state index in [1.807, 2.05) is 6.08 Å². The average Bonchev–Trinajstić information content (AvgIpc) is 2.98. The van der Waals surface area contributed by atoms with Crippen molar-refractivity contribution in [2.75, 3.05) is 6.61 Å². The number of aliphatic hydroxyl groups excluding tert-OH is 1. The van der Waals surface area contributed by atoms with Gasteiger partial charge in [0.15, 0.2) is 5.79 Å². The zero-order chi connectivity index (χ0) is 16.6. The van der Waals surface area contributed by atoms with Crippen LogP contribution in [0.25, 0.3) is 0 Å². The summed E-state index contributed by atoms with van der Waals surface area (Å²) < 4.78 is 6.02. The normalized spacial score (nSPS) is 48.6. The lowest BCUT2D eigenvalue weighted by Gasteiger charge is -2.57. The van der Waals surface area contributed by atoms with E-state index in [2.05, 4.69) is 27.7 Å². The molecule has 0 aromatic rings. The molecule has 3 heteroatoms. The summed E-state index contributed by atoms with van der Waals surface area (Å²) in [4.78, 5) is 0. The van der Waals surface area contributed by atoms with Crippen LogP contribution < -0.4 is 0 Å². The maximum atomic E-state index is 11.3. The maximum Gasteiger partial charge on any atom is 0.192 e. The van der Waals surface area contributed by atoms with E-state index in [1.165, 1.54) is 12.8 Å². The Bertz CT molecular complexity index is 604. The Morgan fingerprint density at radius 1 is 1.26 bits per heavy atom. The summed E-state index contributed by atoms with van der Waals surface area (Å²) in [7, 11) is 0. The highest BCUT2D eigenvalue weighted by molar-refractivity contribution is 5.40. The molecule has 0 aromatic carbocycles. The van der Waals surface area contributed by atoms with Crippen LogP contribution >= 0.6 is 0 Å². The lowest BCUT2D eigenvalue weighted by molar-refractivity contribution is -0.288. The average molecular weight is 318 g/mol. The zero-order valence-electron chi connectivity index (χ0n) is 14.9. The molecule has 128 valence electrons. The number of fused-ring (bicyclic) bond motifs is 6. The topological polar surface area (TPSA) is 49.7 Å². The molecular formula is C20H30O3. The second-order valence-electron chi connectivity index (χ2n) is 9.04. The Balaban J connectivity index is 1.85. The molecule has 4 aliphatic rings. The second kappa shape index (κ2) is 4.71. The minimum Gasteiger partial charge on any atom is -0.392 e. The van der Waals surface area contributed by atoms with Gasteiger partial charge in [-0.05, 0) is 61.0 Å². The minimum atomic E-state index is -1.21. The van der Waals surface area contributed by atoms with Gasteiger partial charge in [-0.25, -0.2) is 0 Å². The predicted molar refractivity (Wildman–Crippen MR) is 89.6 cm³/mol. The molecule has 2 aliphatic heterocycles. The van der Waals surface area contributed by atoms with Gasteiger partial charge >= 0.3 is 0 Å². The first-order valence-corrected chi connectivity index (χ1v) is 9.20. The molecular weight excluding hydrogens is 288 g/mol. The molecule has 1 saturated heterocycles. The summed E-state index contributed by atoms with van der Waals surface area (Å²) in [6.45, 7) is 9.23. The van der Waals surface area contributed by atoms with E-state index in [1.54, 1.807) is 11.1 Å². The van der Waals surface area contributed by atoms with Gasteiger partial charge in [-0.3, -0.25) is 0 Å². The van der Waals surface area contributed by atoms with Gasteiger partial charge in [-0.2, -0.15) is 0 Å². The van der Waals surface area contributed by atoms with Crippen LogP contribution in [0, 0.1) is 22.7 Å². The highest BCUT2D eigenvalue weighted by Crippen LogP contribution is 2.67. The molecule has 2 bridgehead atoms. The van der Waals surface area contributed by atoms with Crippen LogP contribution in [-0.2, 0) is 4.74 Å². The van der Waals surface area contributed by atoms with Crippen molar-refractivity contribution in [2.24, 2.45) is 22.7 Å². The van der Waals surface area contributed by atoms with E-state index in [9.17, 15) is 10.2 Å². The fourth-order valence-electron chi connectivity index (χ4n) is 5.94. The molecule has 1 saturated carbocycles. The van der Waals surface area contributed by atoms with Crippen molar-refractivity contribution in [3.05, 3.63) is 22.8 Å². The first-order chi connectivity index (χ1) is 10.7. The van der Waals surface area contributed by atoms with E-state index in [-0.39, 0.29) is 18.1 Å². The maximum absolute atomic E-state index is 11.3. The summed E-state index contributed by atoms with van der Waals surface area (Å²) in [5.74, 6) is -0.266. The van der Waals surface area contributed by atoms with Crippen LogP contribution in [0.5, 0.6) is 0 Å². The van der Waals surface area contributed by atoms with Gasteiger partial charge in [0.1, 0.15) is 0 Å². The largest absolute Gasteiger partial charge is 0.392 e. The summed E-state index contributed by atoms with van der Waals surface area (Å²) >= 11 is 0. The van der Waals surface area contributed by atoms with Gasteiger partial charge in [-0.15, -0.1) is 0 Å². The first-order valence-electron chi connectivity index (χ1n) is 9.20. The molecule has 3 nitrogen and oxygen atoms in total. The number of rotatable bonds is 2. The predicted octanol–water partition coefficient (Wildman–Crippen LogP) is 3.57.